The molecule has 29 heavy (non-hydrogen) atoms. The Hall–Kier alpha value is -2.84. The van der Waals surface area contributed by atoms with E-state index in [1.165, 1.54) is 23.1 Å². The molecule has 1 unspecified atom stereocenters. The van der Waals surface area contributed by atoms with Crippen LogP contribution in [0.25, 0.3) is 0 Å². The number of ether oxygens (including phenoxy) is 2. The molecule has 1 amide bonds. The molecule has 8 heteroatoms. The molecular formula is C21H20N2O4S2. The zero-order chi connectivity index (χ0) is 20.6. The standard InChI is InChI=1S/C21H20N2O4S2/c1-14(20(24)23-15-7-9-17(26-2)10-8-15)27-21(25)18-5-3-4-6-19(18)29-12-16-11-28-13-22-16/h3-11,13-14H,12H2,1-2H3,(H,23,24). The Labute approximate surface area is 177 Å². The van der Waals surface area contributed by atoms with Crippen LogP contribution in [0.2, 0.25) is 0 Å². The van der Waals surface area contributed by atoms with E-state index in [0.717, 1.165) is 10.6 Å². The van der Waals surface area contributed by atoms with Crippen molar-refractivity contribution in [3.63, 3.8) is 0 Å². The van der Waals surface area contributed by atoms with E-state index in [4.69, 9.17) is 9.47 Å². The number of rotatable bonds is 8. The van der Waals surface area contributed by atoms with Gasteiger partial charge in [-0.05, 0) is 43.3 Å². The number of aromatic nitrogens is 1. The first kappa shape index (κ1) is 20.9. The molecule has 0 aliphatic rings. The highest BCUT2D eigenvalue weighted by molar-refractivity contribution is 7.98. The Morgan fingerprint density at radius 2 is 1.93 bits per heavy atom. The largest absolute Gasteiger partial charge is 0.497 e. The highest BCUT2D eigenvalue weighted by atomic mass is 32.2. The van der Waals surface area contributed by atoms with Crippen LogP contribution in [0.1, 0.15) is 23.0 Å². The van der Waals surface area contributed by atoms with Gasteiger partial charge in [0.05, 0.1) is 23.9 Å². The second-order valence-electron chi connectivity index (χ2n) is 6.03. The number of nitrogens with zero attached hydrogens (tertiary/aromatic N) is 1. The molecule has 0 aliphatic carbocycles. The van der Waals surface area contributed by atoms with E-state index in [-0.39, 0.29) is 0 Å². The number of amides is 1. The molecule has 1 atom stereocenters. The predicted molar refractivity (Wildman–Crippen MR) is 115 cm³/mol. The van der Waals surface area contributed by atoms with Crippen molar-refractivity contribution >= 4 is 40.7 Å². The van der Waals surface area contributed by atoms with Gasteiger partial charge in [-0.3, -0.25) is 4.79 Å². The predicted octanol–water partition coefficient (Wildman–Crippen LogP) is 4.63. The third-order valence-electron chi connectivity index (χ3n) is 3.98. The number of nitrogens with one attached hydrogen (secondary N) is 1. The molecule has 150 valence electrons. The summed E-state index contributed by atoms with van der Waals surface area (Å²) in [7, 11) is 1.57. The van der Waals surface area contributed by atoms with Gasteiger partial charge >= 0.3 is 5.97 Å². The lowest BCUT2D eigenvalue weighted by molar-refractivity contribution is -0.123. The molecule has 3 rings (SSSR count). The summed E-state index contributed by atoms with van der Waals surface area (Å²) in [5, 5.41) is 4.70. The minimum absolute atomic E-state index is 0.406. The number of methoxy groups -OCH3 is 1. The Kier molecular flexibility index (Phi) is 7.26. The molecule has 0 bridgehead atoms. The number of benzene rings is 2. The van der Waals surface area contributed by atoms with Gasteiger partial charge in [-0.15, -0.1) is 23.1 Å². The van der Waals surface area contributed by atoms with Gasteiger partial charge in [-0.1, -0.05) is 12.1 Å². The zero-order valence-corrected chi connectivity index (χ0v) is 17.6. The Morgan fingerprint density at radius 1 is 1.17 bits per heavy atom. The van der Waals surface area contributed by atoms with Crippen molar-refractivity contribution in [1.82, 2.24) is 4.98 Å². The zero-order valence-electron chi connectivity index (χ0n) is 16.0. The van der Waals surface area contributed by atoms with E-state index in [1.807, 2.05) is 17.5 Å². The summed E-state index contributed by atoms with van der Waals surface area (Å²) < 4.78 is 10.5. The first-order chi connectivity index (χ1) is 14.1. The fourth-order valence-corrected chi connectivity index (χ4v) is 4.02. The number of thioether (sulfide) groups is 1. The summed E-state index contributed by atoms with van der Waals surface area (Å²) >= 11 is 3.04. The number of thiazole rings is 1. The molecule has 0 saturated carbocycles. The van der Waals surface area contributed by atoms with Gasteiger partial charge < -0.3 is 14.8 Å². The van der Waals surface area contributed by atoms with Gasteiger partial charge in [0.15, 0.2) is 6.10 Å². The van der Waals surface area contributed by atoms with Gasteiger partial charge in [0, 0.05) is 21.7 Å². The van der Waals surface area contributed by atoms with Crippen molar-refractivity contribution in [3.8, 4) is 5.75 Å². The van der Waals surface area contributed by atoms with Gasteiger partial charge in [0.1, 0.15) is 5.75 Å². The van der Waals surface area contributed by atoms with Crippen molar-refractivity contribution in [2.45, 2.75) is 23.7 Å². The summed E-state index contributed by atoms with van der Waals surface area (Å²) in [5.41, 5.74) is 3.75. The molecule has 1 heterocycles. The quantitative estimate of drug-likeness (QED) is 0.416. The molecular weight excluding hydrogens is 408 g/mol. The maximum Gasteiger partial charge on any atom is 0.340 e. The number of hydrogen-bond acceptors (Lipinski definition) is 7. The molecule has 2 aromatic carbocycles. The summed E-state index contributed by atoms with van der Waals surface area (Å²) in [6.07, 6.45) is -0.943. The van der Waals surface area contributed by atoms with Gasteiger partial charge in [0.25, 0.3) is 5.91 Å². The number of anilines is 1. The lowest BCUT2D eigenvalue weighted by Gasteiger charge is -2.15. The van der Waals surface area contributed by atoms with E-state index < -0.39 is 18.0 Å². The second-order valence-corrected chi connectivity index (χ2v) is 7.77. The average molecular weight is 429 g/mol. The first-order valence-electron chi connectivity index (χ1n) is 8.81. The van der Waals surface area contributed by atoms with Gasteiger partial charge in [0.2, 0.25) is 0 Å². The summed E-state index contributed by atoms with van der Waals surface area (Å²) in [6, 6.07) is 14.1. The van der Waals surface area contributed by atoms with Crippen LogP contribution in [0.3, 0.4) is 0 Å². The fraction of sp³-hybridized carbons (Fsp3) is 0.190. The van der Waals surface area contributed by atoms with Crippen LogP contribution >= 0.6 is 23.1 Å². The lowest BCUT2D eigenvalue weighted by atomic mass is 10.2. The molecule has 1 aromatic heterocycles. The van der Waals surface area contributed by atoms with E-state index in [1.54, 1.807) is 55.9 Å². The van der Waals surface area contributed by atoms with Crippen LogP contribution in [0.5, 0.6) is 5.75 Å². The number of hydrogen-bond donors (Lipinski definition) is 1. The maximum atomic E-state index is 12.6. The first-order valence-corrected chi connectivity index (χ1v) is 10.7. The minimum atomic E-state index is -0.943. The maximum absolute atomic E-state index is 12.6. The van der Waals surface area contributed by atoms with E-state index in [2.05, 4.69) is 10.3 Å². The number of carbonyl (C=O) groups is 2. The molecule has 3 aromatic rings. The van der Waals surface area contributed by atoms with Crippen LogP contribution in [0.4, 0.5) is 5.69 Å². The normalized spacial score (nSPS) is 11.5. The number of esters is 1. The molecule has 1 N–H and O–H groups in total. The highest BCUT2D eigenvalue weighted by Gasteiger charge is 2.21. The topological polar surface area (TPSA) is 77.5 Å². The van der Waals surface area contributed by atoms with E-state index in [9.17, 15) is 9.59 Å². The third-order valence-corrected chi connectivity index (χ3v) is 5.72. The second kappa shape index (κ2) is 10.1. The van der Waals surface area contributed by atoms with Gasteiger partial charge in [-0.25, -0.2) is 9.78 Å². The number of carbonyl (C=O) groups excluding carboxylic acids is 2. The monoisotopic (exact) mass is 428 g/mol. The lowest BCUT2D eigenvalue weighted by Crippen LogP contribution is -2.30. The third kappa shape index (κ3) is 5.82. The highest BCUT2D eigenvalue weighted by Crippen LogP contribution is 2.27. The molecule has 0 aliphatic heterocycles. The van der Waals surface area contributed by atoms with E-state index in [0.29, 0.717) is 22.8 Å². The van der Waals surface area contributed by atoms with Crippen LogP contribution in [0.15, 0.2) is 64.3 Å². The van der Waals surface area contributed by atoms with Crippen LogP contribution in [0, 0.1) is 0 Å². The average Bonchev–Trinajstić information content (AvgIpc) is 3.26. The smallest absolute Gasteiger partial charge is 0.340 e. The van der Waals surface area contributed by atoms with Crippen LogP contribution < -0.4 is 10.1 Å². The molecule has 0 fully saturated rings. The SMILES string of the molecule is COc1ccc(NC(=O)C(C)OC(=O)c2ccccc2SCc2cscn2)cc1. The molecule has 6 nitrogen and oxygen atoms in total. The Morgan fingerprint density at radius 3 is 2.62 bits per heavy atom. The molecule has 0 saturated heterocycles. The Bertz CT molecular complexity index is 959. The van der Waals surface area contributed by atoms with Crippen molar-refractivity contribution in [3.05, 3.63) is 70.7 Å². The molecule has 0 spiro atoms. The molecule has 0 radical (unpaired) electrons. The summed E-state index contributed by atoms with van der Waals surface area (Å²) in [6.45, 7) is 1.54. The van der Waals surface area contributed by atoms with E-state index >= 15 is 0 Å². The van der Waals surface area contributed by atoms with Crippen molar-refractivity contribution in [2.24, 2.45) is 0 Å². The van der Waals surface area contributed by atoms with Crippen molar-refractivity contribution < 1.29 is 19.1 Å². The van der Waals surface area contributed by atoms with Crippen molar-refractivity contribution in [1.29, 1.82) is 0 Å². The van der Waals surface area contributed by atoms with Crippen LogP contribution in [-0.2, 0) is 15.3 Å². The summed E-state index contributed by atoms with van der Waals surface area (Å²) in [4.78, 5) is 30.0. The minimum Gasteiger partial charge on any atom is -0.497 e. The fourth-order valence-electron chi connectivity index (χ4n) is 2.42. The van der Waals surface area contributed by atoms with Crippen LogP contribution in [-0.4, -0.2) is 30.1 Å². The van der Waals surface area contributed by atoms with Gasteiger partial charge in [-0.2, -0.15) is 0 Å². The van der Waals surface area contributed by atoms with Crippen molar-refractivity contribution in [2.75, 3.05) is 12.4 Å². The summed E-state index contributed by atoms with van der Waals surface area (Å²) in [5.74, 6) is 0.399. The Balaban J connectivity index is 1.60.